The van der Waals surface area contributed by atoms with Crippen LogP contribution in [0.1, 0.15) is 32.4 Å². The number of rotatable bonds is 2. The van der Waals surface area contributed by atoms with E-state index < -0.39 is 0 Å². The lowest BCUT2D eigenvalue weighted by molar-refractivity contribution is 0.604. The Labute approximate surface area is 88.7 Å². The van der Waals surface area contributed by atoms with E-state index in [0.29, 0.717) is 18.0 Å². The molecular weight excluding hydrogens is 191 g/mol. The van der Waals surface area contributed by atoms with Gasteiger partial charge < -0.3 is 0 Å². The molecule has 2 nitrogen and oxygen atoms in total. The molecule has 0 aliphatic heterocycles. The van der Waals surface area contributed by atoms with E-state index in [-0.39, 0.29) is 5.82 Å². The molecule has 1 aromatic heterocycles. The maximum Gasteiger partial charge on any atom is 0.149 e. The number of fused-ring (bicyclic) bond motifs is 1. The highest BCUT2D eigenvalue weighted by Gasteiger charge is 2.14. The predicted molar refractivity (Wildman–Crippen MR) is 59.5 cm³/mol. The van der Waals surface area contributed by atoms with Gasteiger partial charge in [0.1, 0.15) is 11.3 Å². The van der Waals surface area contributed by atoms with Crippen molar-refractivity contribution in [2.24, 2.45) is 0 Å². The molecule has 0 N–H and O–H groups in total. The number of hydrogen-bond acceptors (Lipinski definition) is 1. The van der Waals surface area contributed by atoms with E-state index in [0.717, 1.165) is 11.1 Å². The van der Waals surface area contributed by atoms with Crippen LogP contribution >= 0.6 is 0 Å². The minimum Gasteiger partial charge on any atom is -0.262 e. The van der Waals surface area contributed by atoms with Crippen molar-refractivity contribution in [3.8, 4) is 0 Å². The lowest BCUT2D eigenvalue weighted by Crippen LogP contribution is -1.98. The van der Waals surface area contributed by atoms with Gasteiger partial charge in [-0.2, -0.15) is 5.10 Å². The fourth-order valence-corrected chi connectivity index (χ4v) is 1.87. The van der Waals surface area contributed by atoms with Crippen molar-refractivity contribution < 1.29 is 4.39 Å². The van der Waals surface area contributed by atoms with Crippen LogP contribution in [0.5, 0.6) is 0 Å². The summed E-state index contributed by atoms with van der Waals surface area (Å²) >= 11 is 0. The van der Waals surface area contributed by atoms with Gasteiger partial charge in [0.2, 0.25) is 0 Å². The molecule has 2 rings (SSSR count). The van der Waals surface area contributed by atoms with E-state index in [4.69, 9.17) is 0 Å². The summed E-state index contributed by atoms with van der Waals surface area (Å²) in [7, 11) is 0. The molecule has 0 saturated heterocycles. The van der Waals surface area contributed by atoms with Crippen LogP contribution in [0.25, 0.3) is 10.9 Å². The molecule has 2 aromatic rings. The summed E-state index contributed by atoms with van der Waals surface area (Å²) in [5.41, 5.74) is 1.61. The molecule has 0 saturated carbocycles. The van der Waals surface area contributed by atoms with Crippen molar-refractivity contribution in [2.75, 3.05) is 0 Å². The molecule has 0 aliphatic rings. The van der Waals surface area contributed by atoms with E-state index in [1.165, 1.54) is 6.07 Å². The van der Waals surface area contributed by atoms with Crippen molar-refractivity contribution in [1.29, 1.82) is 0 Å². The molecule has 1 aromatic carbocycles. The summed E-state index contributed by atoms with van der Waals surface area (Å²) in [6.07, 6.45) is 0. The van der Waals surface area contributed by atoms with Crippen LogP contribution in [0, 0.1) is 5.82 Å². The zero-order valence-corrected chi connectivity index (χ0v) is 9.29. The number of aryl methyl sites for hydroxylation is 1. The lowest BCUT2D eigenvalue weighted by Gasteiger charge is -1.99. The monoisotopic (exact) mass is 206 g/mol. The highest BCUT2D eigenvalue weighted by Crippen LogP contribution is 2.26. The first-order chi connectivity index (χ1) is 7.15. The average Bonchev–Trinajstić information content (AvgIpc) is 2.58. The van der Waals surface area contributed by atoms with Gasteiger partial charge in [-0.25, -0.2) is 4.39 Å². The Balaban J connectivity index is 2.81. The van der Waals surface area contributed by atoms with Crippen LogP contribution in [0.3, 0.4) is 0 Å². The van der Waals surface area contributed by atoms with Gasteiger partial charge in [-0.3, -0.25) is 4.68 Å². The normalized spacial score (nSPS) is 11.5. The average molecular weight is 206 g/mol. The number of para-hydroxylation sites is 1. The zero-order valence-electron chi connectivity index (χ0n) is 9.29. The van der Waals surface area contributed by atoms with Gasteiger partial charge in [0.25, 0.3) is 0 Å². The van der Waals surface area contributed by atoms with Gasteiger partial charge in [-0.05, 0) is 18.9 Å². The van der Waals surface area contributed by atoms with Gasteiger partial charge in [0.15, 0.2) is 0 Å². The maximum absolute atomic E-state index is 13.6. The third-order valence-corrected chi connectivity index (χ3v) is 2.60. The van der Waals surface area contributed by atoms with Gasteiger partial charge >= 0.3 is 0 Å². The SMILES string of the molecule is CCn1nc(C(C)C)c2cccc(F)c21. The lowest BCUT2D eigenvalue weighted by atomic mass is 10.1. The van der Waals surface area contributed by atoms with Crippen LogP contribution in [-0.2, 0) is 6.54 Å². The minimum atomic E-state index is -0.186. The first-order valence-electron chi connectivity index (χ1n) is 5.30. The van der Waals surface area contributed by atoms with Crippen LogP contribution in [0.2, 0.25) is 0 Å². The molecule has 0 aliphatic carbocycles. The molecule has 15 heavy (non-hydrogen) atoms. The Morgan fingerprint density at radius 1 is 1.40 bits per heavy atom. The molecule has 1 heterocycles. The molecule has 80 valence electrons. The first-order valence-corrected chi connectivity index (χ1v) is 5.30. The van der Waals surface area contributed by atoms with Crippen molar-refractivity contribution in [1.82, 2.24) is 9.78 Å². The van der Waals surface area contributed by atoms with E-state index in [2.05, 4.69) is 18.9 Å². The van der Waals surface area contributed by atoms with E-state index in [9.17, 15) is 4.39 Å². The van der Waals surface area contributed by atoms with Gasteiger partial charge in [-0.15, -0.1) is 0 Å². The predicted octanol–water partition coefficient (Wildman–Crippen LogP) is 3.32. The fraction of sp³-hybridized carbons (Fsp3) is 0.417. The van der Waals surface area contributed by atoms with Crippen LogP contribution in [-0.4, -0.2) is 9.78 Å². The van der Waals surface area contributed by atoms with Gasteiger partial charge in [0.05, 0.1) is 5.69 Å². The largest absolute Gasteiger partial charge is 0.262 e. The molecule has 0 bridgehead atoms. The quantitative estimate of drug-likeness (QED) is 0.737. The second-order valence-electron chi connectivity index (χ2n) is 3.99. The van der Waals surface area contributed by atoms with Crippen LogP contribution in [0.15, 0.2) is 18.2 Å². The number of halogens is 1. The molecule has 0 radical (unpaired) electrons. The Kier molecular flexibility index (Phi) is 2.47. The number of nitrogens with zero attached hydrogens (tertiary/aromatic N) is 2. The number of benzene rings is 1. The third-order valence-electron chi connectivity index (χ3n) is 2.60. The molecule has 0 amide bonds. The molecular formula is C12H15FN2. The summed E-state index contributed by atoms with van der Waals surface area (Å²) in [5, 5.41) is 5.38. The van der Waals surface area contributed by atoms with Crippen LogP contribution < -0.4 is 0 Å². The second-order valence-corrected chi connectivity index (χ2v) is 3.99. The summed E-state index contributed by atoms with van der Waals surface area (Å²) < 4.78 is 15.4. The minimum absolute atomic E-state index is 0.186. The molecule has 0 spiro atoms. The summed E-state index contributed by atoms with van der Waals surface area (Å²) in [6, 6.07) is 5.17. The fourth-order valence-electron chi connectivity index (χ4n) is 1.87. The standard InChI is InChI=1S/C12H15FN2/c1-4-15-12-9(6-5-7-10(12)13)11(14-15)8(2)3/h5-8H,4H2,1-3H3. The van der Waals surface area contributed by atoms with Gasteiger partial charge in [-0.1, -0.05) is 26.0 Å². The smallest absolute Gasteiger partial charge is 0.149 e. The van der Waals surface area contributed by atoms with Crippen molar-refractivity contribution in [3.63, 3.8) is 0 Å². The topological polar surface area (TPSA) is 17.8 Å². The van der Waals surface area contributed by atoms with Crippen LogP contribution in [0.4, 0.5) is 4.39 Å². The van der Waals surface area contributed by atoms with Crippen molar-refractivity contribution >= 4 is 10.9 Å². The summed E-state index contributed by atoms with van der Waals surface area (Å²) in [5.74, 6) is 0.135. The number of hydrogen-bond donors (Lipinski definition) is 0. The third kappa shape index (κ3) is 1.52. The maximum atomic E-state index is 13.6. The van der Waals surface area contributed by atoms with E-state index >= 15 is 0 Å². The molecule has 0 atom stereocenters. The van der Waals surface area contributed by atoms with E-state index in [1.807, 2.05) is 13.0 Å². The van der Waals surface area contributed by atoms with Gasteiger partial charge in [0, 0.05) is 11.9 Å². The highest BCUT2D eigenvalue weighted by molar-refractivity contribution is 5.83. The number of aromatic nitrogens is 2. The molecule has 0 unspecified atom stereocenters. The van der Waals surface area contributed by atoms with Crippen molar-refractivity contribution in [2.45, 2.75) is 33.2 Å². The van der Waals surface area contributed by atoms with E-state index in [1.54, 1.807) is 10.7 Å². The Bertz CT molecular complexity index is 486. The molecule has 3 heteroatoms. The Morgan fingerprint density at radius 3 is 2.73 bits per heavy atom. The first kappa shape index (κ1) is 10.1. The second kappa shape index (κ2) is 3.65. The zero-order chi connectivity index (χ0) is 11.0. The Morgan fingerprint density at radius 2 is 2.13 bits per heavy atom. The summed E-state index contributed by atoms with van der Waals surface area (Å²) in [6.45, 7) is 6.83. The Hall–Kier alpha value is -1.38. The summed E-state index contributed by atoms with van der Waals surface area (Å²) in [4.78, 5) is 0. The highest BCUT2D eigenvalue weighted by atomic mass is 19.1. The molecule has 0 fully saturated rings. The van der Waals surface area contributed by atoms with Crippen molar-refractivity contribution in [3.05, 3.63) is 29.7 Å².